The van der Waals surface area contributed by atoms with Gasteiger partial charge in [-0.15, -0.1) is 0 Å². The molecule has 1 aliphatic rings. The molecule has 1 aliphatic heterocycles. The van der Waals surface area contributed by atoms with Crippen molar-refractivity contribution in [2.75, 3.05) is 13.1 Å². The summed E-state index contributed by atoms with van der Waals surface area (Å²) in [4.78, 5) is 0. The second-order valence-electron chi connectivity index (χ2n) is 4.57. The van der Waals surface area contributed by atoms with E-state index in [0.29, 0.717) is 11.7 Å². The molecule has 1 saturated heterocycles. The number of hydrogen-bond donors (Lipinski definition) is 2. The number of rotatable bonds is 3. The molecule has 0 saturated carbocycles. The van der Waals surface area contributed by atoms with Gasteiger partial charge in [-0.25, -0.2) is 0 Å². The Morgan fingerprint density at radius 3 is 2.38 bits per heavy atom. The minimum atomic E-state index is -0.000579. The highest BCUT2D eigenvalue weighted by Gasteiger charge is 2.35. The second kappa shape index (κ2) is 4.14. The Morgan fingerprint density at radius 1 is 1.46 bits per heavy atom. The van der Waals surface area contributed by atoms with Gasteiger partial charge in [0.1, 0.15) is 0 Å². The first-order chi connectivity index (χ1) is 6.07. The molecule has 1 fully saturated rings. The van der Waals surface area contributed by atoms with E-state index in [1.165, 1.54) is 0 Å². The highest BCUT2D eigenvalue weighted by atomic mass is 16.3. The lowest BCUT2D eigenvalue weighted by Gasteiger charge is -2.38. The molecule has 2 heteroatoms. The Morgan fingerprint density at radius 2 is 2.00 bits per heavy atom. The molecule has 0 atom stereocenters. The Hall–Kier alpha value is -0.500. The molecule has 76 valence electrons. The molecule has 2 N–H and O–H groups in total. The summed E-state index contributed by atoms with van der Waals surface area (Å²) in [7, 11) is 0. The van der Waals surface area contributed by atoms with E-state index >= 15 is 0 Å². The van der Waals surface area contributed by atoms with Crippen LogP contribution in [0.5, 0.6) is 0 Å². The molecule has 0 spiro atoms. The molecule has 0 aromatic heterocycles. The van der Waals surface area contributed by atoms with Crippen LogP contribution in [0.1, 0.15) is 33.1 Å². The molecule has 0 bridgehead atoms. The molecule has 0 radical (unpaired) electrons. The number of allylic oxidation sites excluding steroid dienone is 1. The molecule has 0 aromatic rings. The van der Waals surface area contributed by atoms with Crippen LogP contribution in [0, 0.1) is 11.3 Å². The van der Waals surface area contributed by atoms with Crippen molar-refractivity contribution in [2.45, 2.75) is 33.1 Å². The SMILES string of the molecule is C=C(O)C1(CC(C)C)CCNCC1. The maximum absolute atomic E-state index is 9.65. The summed E-state index contributed by atoms with van der Waals surface area (Å²) >= 11 is 0. The maximum atomic E-state index is 9.65. The first kappa shape index (κ1) is 10.6. The summed E-state index contributed by atoms with van der Waals surface area (Å²) in [5, 5.41) is 13.0. The van der Waals surface area contributed by atoms with Gasteiger partial charge in [0.2, 0.25) is 0 Å². The summed E-state index contributed by atoms with van der Waals surface area (Å²) in [6.45, 7) is 10.1. The number of hydrogen-bond acceptors (Lipinski definition) is 2. The van der Waals surface area contributed by atoms with Gasteiger partial charge < -0.3 is 10.4 Å². The van der Waals surface area contributed by atoms with E-state index in [1.54, 1.807) is 0 Å². The molecule has 0 aliphatic carbocycles. The topological polar surface area (TPSA) is 32.3 Å². The van der Waals surface area contributed by atoms with Crippen molar-refractivity contribution in [2.24, 2.45) is 11.3 Å². The van der Waals surface area contributed by atoms with Crippen LogP contribution in [0.2, 0.25) is 0 Å². The van der Waals surface area contributed by atoms with Crippen molar-refractivity contribution < 1.29 is 5.11 Å². The van der Waals surface area contributed by atoms with Crippen molar-refractivity contribution >= 4 is 0 Å². The summed E-state index contributed by atoms with van der Waals surface area (Å²) in [6, 6.07) is 0. The summed E-state index contributed by atoms with van der Waals surface area (Å²) < 4.78 is 0. The van der Waals surface area contributed by atoms with Crippen molar-refractivity contribution in [1.82, 2.24) is 5.32 Å². The molecule has 0 aromatic carbocycles. The van der Waals surface area contributed by atoms with Gasteiger partial charge in [-0.2, -0.15) is 0 Å². The molecule has 0 unspecified atom stereocenters. The van der Waals surface area contributed by atoms with Gasteiger partial charge in [-0.1, -0.05) is 20.4 Å². The van der Waals surface area contributed by atoms with E-state index in [9.17, 15) is 5.11 Å². The van der Waals surface area contributed by atoms with E-state index in [1.807, 2.05) is 0 Å². The minimum absolute atomic E-state index is 0.000579. The van der Waals surface area contributed by atoms with Crippen molar-refractivity contribution in [1.29, 1.82) is 0 Å². The fourth-order valence-corrected chi connectivity index (χ4v) is 2.30. The highest BCUT2D eigenvalue weighted by Crippen LogP contribution is 2.40. The summed E-state index contributed by atoms with van der Waals surface area (Å²) in [5.41, 5.74) is -0.000579. The number of piperidine rings is 1. The third kappa shape index (κ3) is 2.47. The first-order valence-corrected chi connectivity index (χ1v) is 5.16. The lowest BCUT2D eigenvalue weighted by atomic mass is 9.72. The van der Waals surface area contributed by atoms with Crippen molar-refractivity contribution in [3.63, 3.8) is 0 Å². The Kier molecular flexibility index (Phi) is 3.37. The largest absolute Gasteiger partial charge is 0.512 e. The van der Waals surface area contributed by atoms with Gasteiger partial charge in [-0.3, -0.25) is 0 Å². The zero-order valence-corrected chi connectivity index (χ0v) is 8.77. The van der Waals surface area contributed by atoms with E-state index in [2.05, 4.69) is 25.7 Å². The monoisotopic (exact) mass is 183 g/mol. The molecular formula is C11H21NO. The van der Waals surface area contributed by atoms with Gasteiger partial charge in [-0.05, 0) is 38.3 Å². The zero-order chi connectivity index (χ0) is 9.90. The number of aliphatic hydroxyl groups is 1. The molecular weight excluding hydrogens is 162 g/mol. The van der Waals surface area contributed by atoms with Gasteiger partial charge in [0.15, 0.2) is 0 Å². The zero-order valence-electron chi connectivity index (χ0n) is 8.77. The summed E-state index contributed by atoms with van der Waals surface area (Å²) in [5.74, 6) is 1.02. The normalized spacial score (nSPS) is 21.8. The Bertz CT molecular complexity index is 181. The van der Waals surface area contributed by atoms with Crippen LogP contribution in [0.25, 0.3) is 0 Å². The van der Waals surface area contributed by atoms with Gasteiger partial charge >= 0.3 is 0 Å². The van der Waals surface area contributed by atoms with Crippen LogP contribution in [0.3, 0.4) is 0 Å². The fraction of sp³-hybridized carbons (Fsp3) is 0.818. The van der Waals surface area contributed by atoms with Gasteiger partial charge in [0.25, 0.3) is 0 Å². The third-order valence-electron chi connectivity index (χ3n) is 2.97. The summed E-state index contributed by atoms with van der Waals surface area (Å²) in [6.07, 6.45) is 3.12. The van der Waals surface area contributed by atoms with Gasteiger partial charge in [0, 0.05) is 5.41 Å². The first-order valence-electron chi connectivity index (χ1n) is 5.16. The van der Waals surface area contributed by atoms with Crippen LogP contribution < -0.4 is 5.32 Å². The van der Waals surface area contributed by atoms with Crippen molar-refractivity contribution in [3.05, 3.63) is 12.3 Å². The van der Waals surface area contributed by atoms with E-state index in [4.69, 9.17) is 0 Å². The predicted octanol–water partition coefficient (Wildman–Crippen LogP) is 2.47. The second-order valence-corrected chi connectivity index (χ2v) is 4.57. The average Bonchev–Trinajstić information content (AvgIpc) is 2.04. The van der Waals surface area contributed by atoms with E-state index < -0.39 is 0 Å². The van der Waals surface area contributed by atoms with Crippen molar-refractivity contribution in [3.8, 4) is 0 Å². The molecule has 2 nitrogen and oxygen atoms in total. The van der Waals surface area contributed by atoms with Gasteiger partial charge in [0.05, 0.1) is 5.76 Å². The predicted molar refractivity (Wildman–Crippen MR) is 55.8 cm³/mol. The highest BCUT2D eigenvalue weighted by molar-refractivity contribution is 5.04. The smallest absolute Gasteiger partial charge is 0.0913 e. The van der Waals surface area contributed by atoms with Crippen LogP contribution in [0.4, 0.5) is 0 Å². The van der Waals surface area contributed by atoms with Crippen LogP contribution >= 0.6 is 0 Å². The number of nitrogens with one attached hydrogen (secondary N) is 1. The molecule has 1 heterocycles. The average molecular weight is 183 g/mol. The number of aliphatic hydroxyl groups excluding tert-OH is 1. The fourth-order valence-electron chi connectivity index (χ4n) is 2.30. The molecule has 1 rings (SSSR count). The maximum Gasteiger partial charge on any atom is 0.0913 e. The third-order valence-corrected chi connectivity index (χ3v) is 2.97. The van der Waals surface area contributed by atoms with Crippen LogP contribution in [-0.4, -0.2) is 18.2 Å². The minimum Gasteiger partial charge on any atom is -0.512 e. The van der Waals surface area contributed by atoms with E-state index in [-0.39, 0.29) is 5.41 Å². The van der Waals surface area contributed by atoms with Crippen LogP contribution in [0.15, 0.2) is 12.3 Å². The molecule has 13 heavy (non-hydrogen) atoms. The lowest BCUT2D eigenvalue weighted by molar-refractivity contribution is 0.137. The standard InChI is InChI=1S/C11H21NO/c1-9(2)8-11(10(3)13)4-6-12-7-5-11/h9,12-13H,3-8H2,1-2H3. The quantitative estimate of drug-likeness (QED) is 0.659. The Labute approximate surface area is 81.0 Å². The molecule has 0 amide bonds. The lowest BCUT2D eigenvalue weighted by Crippen LogP contribution is -2.38. The Balaban J connectivity index is 2.67. The van der Waals surface area contributed by atoms with E-state index in [0.717, 1.165) is 32.4 Å². The van der Waals surface area contributed by atoms with Crippen LogP contribution in [-0.2, 0) is 0 Å².